The molecule has 3 rings (SSSR count). The standard InChI is InChI=1S/C25H19NO5/c1-2-24(27)30-15-14-29-22-11-7-6-10-21(22)25(28)31-23-16-18(17-26)12-13-20(23)19-8-4-3-5-9-19/h2-13,16H,1,14-15H2. The molecule has 6 heteroatoms. The number of para-hydroxylation sites is 1. The minimum absolute atomic E-state index is 0.0105. The molecule has 0 unspecified atom stereocenters. The fourth-order valence-electron chi connectivity index (χ4n) is 2.80. The van der Waals surface area contributed by atoms with Gasteiger partial charge in [0.25, 0.3) is 0 Å². The smallest absolute Gasteiger partial charge is 0.347 e. The van der Waals surface area contributed by atoms with Crippen LogP contribution in [0.25, 0.3) is 11.1 Å². The quantitative estimate of drug-likeness (QED) is 0.233. The Morgan fingerprint density at radius 1 is 0.935 bits per heavy atom. The van der Waals surface area contributed by atoms with Crippen LogP contribution in [0, 0.1) is 11.3 Å². The number of nitriles is 1. The van der Waals surface area contributed by atoms with Crippen molar-refractivity contribution in [2.24, 2.45) is 0 Å². The Hall–Kier alpha value is -4.37. The lowest BCUT2D eigenvalue weighted by atomic mass is 10.0. The third kappa shape index (κ3) is 5.58. The largest absolute Gasteiger partial charge is 0.489 e. The first-order valence-corrected chi connectivity index (χ1v) is 9.45. The summed E-state index contributed by atoms with van der Waals surface area (Å²) in [6.07, 6.45) is 1.06. The average Bonchev–Trinajstić information content (AvgIpc) is 2.82. The molecule has 0 aliphatic carbocycles. The van der Waals surface area contributed by atoms with Crippen molar-refractivity contribution in [1.29, 1.82) is 5.26 Å². The van der Waals surface area contributed by atoms with Crippen LogP contribution in [0.3, 0.4) is 0 Å². The highest BCUT2D eigenvalue weighted by atomic mass is 16.6. The van der Waals surface area contributed by atoms with Gasteiger partial charge in [0.15, 0.2) is 0 Å². The van der Waals surface area contributed by atoms with Crippen LogP contribution in [-0.2, 0) is 9.53 Å². The number of benzene rings is 3. The normalized spacial score (nSPS) is 9.90. The molecule has 0 saturated heterocycles. The van der Waals surface area contributed by atoms with Crippen LogP contribution in [-0.4, -0.2) is 25.2 Å². The number of carbonyl (C=O) groups excluding carboxylic acids is 2. The Labute approximate surface area is 179 Å². The van der Waals surface area contributed by atoms with Crippen LogP contribution in [0.5, 0.6) is 11.5 Å². The van der Waals surface area contributed by atoms with Crippen LogP contribution >= 0.6 is 0 Å². The molecule has 0 fully saturated rings. The zero-order valence-electron chi connectivity index (χ0n) is 16.6. The molecule has 0 saturated carbocycles. The lowest BCUT2D eigenvalue weighted by Crippen LogP contribution is -2.14. The molecule has 0 N–H and O–H groups in total. The van der Waals surface area contributed by atoms with Crippen LogP contribution in [0.2, 0.25) is 0 Å². The van der Waals surface area contributed by atoms with Crippen molar-refractivity contribution in [3.8, 4) is 28.7 Å². The molecule has 0 aliphatic heterocycles. The molecular weight excluding hydrogens is 394 g/mol. The van der Waals surface area contributed by atoms with E-state index >= 15 is 0 Å². The monoisotopic (exact) mass is 413 g/mol. The van der Waals surface area contributed by atoms with Crippen LogP contribution in [0.1, 0.15) is 15.9 Å². The number of hydrogen-bond acceptors (Lipinski definition) is 6. The second-order valence-electron chi connectivity index (χ2n) is 6.29. The van der Waals surface area contributed by atoms with Gasteiger partial charge in [-0.05, 0) is 35.9 Å². The molecule has 0 amide bonds. The molecule has 31 heavy (non-hydrogen) atoms. The third-order valence-electron chi connectivity index (χ3n) is 4.26. The Morgan fingerprint density at radius 2 is 1.68 bits per heavy atom. The summed E-state index contributed by atoms with van der Waals surface area (Å²) in [6, 6.07) is 23.0. The van der Waals surface area contributed by atoms with E-state index in [1.807, 2.05) is 30.3 Å². The second kappa shape index (κ2) is 10.4. The molecule has 0 bridgehead atoms. The SMILES string of the molecule is C=CC(=O)OCCOc1ccccc1C(=O)Oc1cc(C#N)ccc1-c1ccccc1. The summed E-state index contributed by atoms with van der Waals surface area (Å²) in [5.41, 5.74) is 2.11. The summed E-state index contributed by atoms with van der Waals surface area (Å²) in [5.74, 6) is -0.627. The molecule has 6 nitrogen and oxygen atoms in total. The highest BCUT2D eigenvalue weighted by Crippen LogP contribution is 2.32. The summed E-state index contributed by atoms with van der Waals surface area (Å²) in [6.45, 7) is 3.39. The maximum Gasteiger partial charge on any atom is 0.347 e. The Bertz CT molecular complexity index is 1130. The molecule has 0 atom stereocenters. The van der Waals surface area contributed by atoms with Crippen LogP contribution in [0.4, 0.5) is 0 Å². The van der Waals surface area contributed by atoms with Gasteiger partial charge in [-0.25, -0.2) is 9.59 Å². The lowest BCUT2D eigenvalue weighted by molar-refractivity contribution is -0.138. The van der Waals surface area contributed by atoms with E-state index in [1.54, 1.807) is 36.4 Å². The maximum atomic E-state index is 12.9. The number of hydrogen-bond donors (Lipinski definition) is 0. The average molecular weight is 413 g/mol. The second-order valence-corrected chi connectivity index (χ2v) is 6.29. The van der Waals surface area contributed by atoms with E-state index in [2.05, 4.69) is 12.6 Å². The Morgan fingerprint density at radius 3 is 2.42 bits per heavy atom. The molecule has 3 aromatic rings. The van der Waals surface area contributed by atoms with Crippen molar-refractivity contribution in [3.05, 3.63) is 96.6 Å². The van der Waals surface area contributed by atoms with E-state index in [0.717, 1.165) is 11.6 Å². The number of ether oxygens (including phenoxy) is 3. The minimum atomic E-state index is -0.633. The van der Waals surface area contributed by atoms with E-state index in [-0.39, 0.29) is 24.5 Å². The van der Waals surface area contributed by atoms with Gasteiger partial charge in [-0.15, -0.1) is 0 Å². The summed E-state index contributed by atoms with van der Waals surface area (Å²) < 4.78 is 16.1. The molecule has 3 aromatic carbocycles. The first-order chi connectivity index (χ1) is 15.1. The highest BCUT2D eigenvalue weighted by Gasteiger charge is 2.17. The fourth-order valence-corrected chi connectivity index (χ4v) is 2.80. The van der Waals surface area contributed by atoms with Crippen molar-refractivity contribution in [1.82, 2.24) is 0 Å². The maximum absolute atomic E-state index is 12.9. The number of carbonyl (C=O) groups is 2. The van der Waals surface area contributed by atoms with Crippen molar-refractivity contribution >= 4 is 11.9 Å². The van der Waals surface area contributed by atoms with Gasteiger partial charge in [-0.2, -0.15) is 5.26 Å². The number of rotatable bonds is 8. The molecule has 0 spiro atoms. The topological polar surface area (TPSA) is 85.6 Å². The van der Waals surface area contributed by atoms with Crippen molar-refractivity contribution in [3.63, 3.8) is 0 Å². The van der Waals surface area contributed by atoms with Crippen LogP contribution < -0.4 is 9.47 Å². The molecule has 0 aromatic heterocycles. The summed E-state index contributed by atoms with van der Waals surface area (Å²) in [5, 5.41) is 9.24. The first-order valence-electron chi connectivity index (χ1n) is 9.45. The molecule has 0 aliphatic rings. The minimum Gasteiger partial charge on any atom is -0.489 e. The van der Waals surface area contributed by atoms with Gasteiger partial charge in [0.2, 0.25) is 0 Å². The zero-order chi connectivity index (χ0) is 22.1. The predicted octanol–water partition coefficient (Wildman–Crippen LogP) is 4.55. The molecular formula is C25H19NO5. The molecule has 0 radical (unpaired) electrons. The van der Waals surface area contributed by atoms with Gasteiger partial charge < -0.3 is 14.2 Å². The Balaban J connectivity index is 1.81. The van der Waals surface area contributed by atoms with E-state index in [1.165, 1.54) is 6.07 Å². The van der Waals surface area contributed by atoms with E-state index in [9.17, 15) is 14.9 Å². The van der Waals surface area contributed by atoms with Gasteiger partial charge in [0, 0.05) is 11.6 Å². The summed E-state index contributed by atoms with van der Waals surface area (Å²) in [7, 11) is 0. The van der Waals surface area contributed by atoms with Crippen LogP contribution in [0.15, 0.2) is 85.5 Å². The van der Waals surface area contributed by atoms with Crippen molar-refractivity contribution in [2.45, 2.75) is 0 Å². The van der Waals surface area contributed by atoms with Crippen molar-refractivity contribution in [2.75, 3.05) is 13.2 Å². The van der Waals surface area contributed by atoms with E-state index < -0.39 is 11.9 Å². The van der Waals surface area contributed by atoms with Gasteiger partial charge >= 0.3 is 11.9 Å². The molecule has 154 valence electrons. The lowest BCUT2D eigenvalue weighted by Gasteiger charge is -2.13. The molecule has 0 heterocycles. The van der Waals surface area contributed by atoms with Gasteiger partial charge in [0.05, 0.1) is 11.6 Å². The predicted molar refractivity (Wildman–Crippen MR) is 115 cm³/mol. The summed E-state index contributed by atoms with van der Waals surface area (Å²) >= 11 is 0. The fraction of sp³-hybridized carbons (Fsp3) is 0.0800. The highest BCUT2D eigenvalue weighted by molar-refractivity contribution is 5.95. The van der Waals surface area contributed by atoms with E-state index in [0.29, 0.717) is 16.9 Å². The van der Waals surface area contributed by atoms with Gasteiger partial charge in [-0.1, -0.05) is 49.0 Å². The van der Waals surface area contributed by atoms with E-state index in [4.69, 9.17) is 14.2 Å². The Kier molecular flexibility index (Phi) is 7.17. The first kappa shape index (κ1) is 21.3. The number of nitrogens with zero attached hydrogens (tertiary/aromatic N) is 1. The number of esters is 2. The third-order valence-corrected chi connectivity index (χ3v) is 4.26. The van der Waals surface area contributed by atoms with Crippen molar-refractivity contribution < 1.29 is 23.8 Å². The zero-order valence-corrected chi connectivity index (χ0v) is 16.6. The summed E-state index contributed by atoms with van der Waals surface area (Å²) in [4.78, 5) is 24.0. The van der Waals surface area contributed by atoms with Gasteiger partial charge in [0.1, 0.15) is 30.3 Å². The van der Waals surface area contributed by atoms with Gasteiger partial charge in [-0.3, -0.25) is 0 Å².